The quantitative estimate of drug-likeness (QED) is 0.381. The van der Waals surface area contributed by atoms with Crippen LogP contribution in [-0.2, 0) is 9.53 Å². The van der Waals surface area contributed by atoms with Crippen molar-refractivity contribution in [1.82, 2.24) is 5.32 Å². The highest BCUT2D eigenvalue weighted by Crippen LogP contribution is 2.44. The Labute approximate surface area is 198 Å². The number of ether oxygens (including phenoxy) is 1. The predicted octanol–water partition coefficient (Wildman–Crippen LogP) is 5.94. The molecule has 2 N–H and O–H groups in total. The van der Waals surface area contributed by atoms with Gasteiger partial charge in [-0.3, -0.25) is 0 Å². The average Bonchev–Trinajstić information content (AvgIpc) is 3.19. The molecule has 0 aliphatic heterocycles. The van der Waals surface area contributed by atoms with E-state index < -0.39 is 24.0 Å². The van der Waals surface area contributed by atoms with Crippen LogP contribution in [-0.4, -0.2) is 29.8 Å². The fraction of sp³-hybridized carbons (Fsp3) is 0.172. The van der Waals surface area contributed by atoms with E-state index in [1.165, 1.54) is 0 Å². The summed E-state index contributed by atoms with van der Waals surface area (Å²) in [7, 11) is 0. The third-order valence-electron chi connectivity index (χ3n) is 6.68. The molecular weight excluding hydrogens is 426 g/mol. The number of nitrogens with one attached hydrogen (secondary N) is 1. The molecule has 5 rings (SSSR count). The van der Waals surface area contributed by atoms with E-state index in [4.69, 9.17) is 4.74 Å². The number of carbonyl (C=O) groups is 2. The molecule has 0 saturated carbocycles. The fourth-order valence-corrected chi connectivity index (χ4v) is 4.85. The molecule has 4 aromatic carbocycles. The lowest BCUT2D eigenvalue weighted by Gasteiger charge is -2.22. The van der Waals surface area contributed by atoms with Crippen LogP contribution < -0.4 is 5.32 Å². The largest absolute Gasteiger partial charge is 0.480 e. The molecule has 5 heteroatoms. The summed E-state index contributed by atoms with van der Waals surface area (Å²) in [6, 6.07) is 28.8. The maximum Gasteiger partial charge on any atom is 0.407 e. The van der Waals surface area contributed by atoms with Gasteiger partial charge in [0, 0.05) is 11.8 Å². The zero-order valence-corrected chi connectivity index (χ0v) is 18.8. The summed E-state index contributed by atoms with van der Waals surface area (Å²) in [6.45, 7) is 1.93. The number of amides is 1. The van der Waals surface area contributed by atoms with E-state index in [0.29, 0.717) is 0 Å². The summed E-state index contributed by atoms with van der Waals surface area (Å²) in [4.78, 5) is 24.7. The van der Waals surface area contributed by atoms with Crippen LogP contribution >= 0.6 is 0 Å². The Morgan fingerprint density at radius 1 is 0.853 bits per heavy atom. The molecule has 0 fully saturated rings. The number of rotatable bonds is 6. The number of aliphatic carboxylic acids is 1. The third kappa shape index (κ3) is 4.01. The molecule has 5 nitrogen and oxygen atoms in total. The SMILES string of the molecule is C[C@@H](c1ccc2ccccc2c1)[C@H](NC(=O)OCC1c2ccccc2-c2ccccc21)C(=O)O. The van der Waals surface area contributed by atoms with Gasteiger partial charge in [-0.25, -0.2) is 9.59 Å². The van der Waals surface area contributed by atoms with Crippen molar-refractivity contribution in [2.45, 2.75) is 24.8 Å². The molecule has 0 radical (unpaired) electrons. The average molecular weight is 452 g/mol. The first kappa shape index (κ1) is 21.7. The van der Waals surface area contributed by atoms with Crippen molar-refractivity contribution in [2.75, 3.05) is 6.61 Å². The summed E-state index contributed by atoms with van der Waals surface area (Å²) in [5, 5.41) is 14.5. The Hall–Kier alpha value is -4.12. The lowest BCUT2D eigenvalue weighted by Crippen LogP contribution is -2.44. The highest BCUT2D eigenvalue weighted by Gasteiger charge is 2.31. The molecule has 0 saturated heterocycles. The van der Waals surface area contributed by atoms with E-state index in [1.807, 2.05) is 78.9 Å². The summed E-state index contributed by atoms with van der Waals surface area (Å²) in [6.07, 6.45) is -0.734. The molecule has 1 amide bonds. The number of carbonyl (C=O) groups excluding carboxylic acids is 1. The number of hydrogen-bond donors (Lipinski definition) is 2. The van der Waals surface area contributed by atoms with E-state index in [0.717, 1.165) is 38.6 Å². The van der Waals surface area contributed by atoms with Crippen LogP contribution in [0.4, 0.5) is 4.79 Å². The molecule has 0 spiro atoms. The minimum Gasteiger partial charge on any atom is -0.480 e. The molecule has 0 unspecified atom stereocenters. The molecule has 34 heavy (non-hydrogen) atoms. The Morgan fingerprint density at radius 2 is 1.44 bits per heavy atom. The number of carboxylic acids is 1. The van der Waals surface area contributed by atoms with E-state index in [-0.39, 0.29) is 12.5 Å². The van der Waals surface area contributed by atoms with Gasteiger partial charge in [-0.1, -0.05) is 97.9 Å². The molecule has 170 valence electrons. The third-order valence-corrected chi connectivity index (χ3v) is 6.68. The zero-order chi connectivity index (χ0) is 23.7. The van der Waals surface area contributed by atoms with Crippen LogP contribution in [0.5, 0.6) is 0 Å². The van der Waals surface area contributed by atoms with Crippen LogP contribution in [0.2, 0.25) is 0 Å². The van der Waals surface area contributed by atoms with Gasteiger partial charge >= 0.3 is 12.1 Å². The topological polar surface area (TPSA) is 75.6 Å². The summed E-state index contributed by atoms with van der Waals surface area (Å²) < 4.78 is 5.56. The Kier molecular flexibility index (Phi) is 5.76. The van der Waals surface area contributed by atoms with Crippen molar-refractivity contribution < 1.29 is 19.4 Å². The normalized spacial score (nSPS) is 14.1. The van der Waals surface area contributed by atoms with Crippen LogP contribution in [0, 0.1) is 0 Å². The molecule has 0 aromatic heterocycles. The van der Waals surface area contributed by atoms with Crippen molar-refractivity contribution in [2.24, 2.45) is 0 Å². The molecule has 0 bridgehead atoms. The second-order valence-electron chi connectivity index (χ2n) is 8.68. The monoisotopic (exact) mass is 451 g/mol. The second kappa shape index (κ2) is 9.02. The van der Waals surface area contributed by atoms with Crippen molar-refractivity contribution in [3.63, 3.8) is 0 Å². The first-order valence-electron chi connectivity index (χ1n) is 11.4. The van der Waals surface area contributed by atoms with Gasteiger partial charge in [0.05, 0.1) is 0 Å². The lowest BCUT2D eigenvalue weighted by atomic mass is 9.91. The smallest absolute Gasteiger partial charge is 0.407 e. The highest BCUT2D eigenvalue weighted by atomic mass is 16.5. The van der Waals surface area contributed by atoms with Gasteiger partial charge in [-0.2, -0.15) is 0 Å². The first-order chi connectivity index (χ1) is 16.5. The van der Waals surface area contributed by atoms with E-state index in [2.05, 4.69) is 17.4 Å². The number of carboxylic acid groups (broad SMARTS) is 1. The minimum absolute atomic E-state index is 0.0839. The van der Waals surface area contributed by atoms with Crippen LogP contribution in [0.3, 0.4) is 0 Å². The summed E-state index contributed by atoms with van der Waals surface area (Å²) >= 11 is 0. The van der Waals surface area contributed by atoms with Crippen LogP contribution in [0.1, 0.15) is 35.4 Å². The van der Waals surface area contributed by atoms with Gasteiger partial charge in [0.25, 0.3) is 0 Å². The van der Waals surface area contributed by atoms with Gasteiger partial charge < -0.3 is 15.2 Å². The van der Waals surface area contributed by atoms with Crippen molar-refractivity contribution in [3.8, 4) is 11.1 Å². The van der Waals surface area contributed by atoms with Gasteiger partial charge in [0.15, 0.2) is 0 Å². The molecule has 2 atom stereocenters. The summed E-state index contributed by atoms with van der Waals surface area (Å²) in [5.74, 6) is -1.63. The highest BCUT2D eigenvalue weighted by molar-refractivity contribution is 5.85. The maximum absolute atomic E-state index is 12.7. The van der Waals surface area contributed by atoms with Crippen LogP contribution in [0.25, 0.3) is 21.9 Å². The van der Waals surface area contributed by atoms with Gasteiger partial charge in [-0.15, -0.1) is 0 Å². The predicted molar refractivity (Wildman–Crippen MR) is 132 cm³/mol. The number of fused-ring (bicyclic) bond motifs is 4. The van der Waals surface area contributed by atoms with E-state index >= 15 is 0 Å². The minimum atomic E-state index is -1.11. The Balaban J connectivity index is 1.30. The maximum atomic E-state index is 12.7. The molecule has 1 aliphatic rings. The number of alkyl carbamates (subject to hydrolysis) is 1. The van der Waals surface area contributed by atoms with Crippen molar-refractivity contribution in [3.05, 3.63) is 108 Å². The molecule has 4 aromatic rings. The van der Waals surface area contributed by atoms with Gasteiger partial charge in [-0.05, 0) is 38.6 Å². The Morgan fingerprint density at radius 3 is 2.09 bits per heavy atom. The van der Waals surface area contributed by atoms with Crippen molar-refractivity contribution >= 4 is 22.8 Å². The second-order valence-corrected chi connectivity index (χ2v) is 8.68. The van der Waals surface area contributed by atoms with Gasteiger partial charge in [0.1, 0.15) is 12.6 Å². The summed E-state index contributed by atoms with van der Waals surface area (Å²) in [5.41, 5.74) is 5.33. The van der Waals surface area contributed by atoms with Gasteiger partial charge in [0.2, 0.25) is 0 Å². The number of benzene rings is 4. The van der Waals surface area contributed by atoms with E-state index in [9.17, 15) is 14.7 Å². The van der Waals surface area contributed by atoms with E-state index in [1.54, 1.807) is 6.92 Å². The van der Waals surface area contributed by atoms with Crippen molar-refractivity contribution in [1.29, 1.82) is 0 Å². The number of hydrogen-bond acceptors (Lipinski definition) is 3. The van der Waals surface area contributed by atoms with Crippen LogP contribution in [0.15, 0.2) is 91.0 Å². The zero-order valence-electron chi connectivity index (χ0n) is 18.8. The standard InChI is InChI=1S/C29H25NO4/c1-18(20-15-14-19-8-2-3-9-21(19)16-20)27(28(31)32)30-29(33)34-17-26-24-12-6-4-10-22(24)23-11-5-7-13-25(23)26/h2-16,18,26-27H,17H2,1H3,(H,30,33)(H,31,32)/t18-,27-/m0/s1. The molecular formula is C29H25NO4. The Bertz CT molecular complexity index is 1330. The first-order valence-corrected chi connectivity index (χ1v) is 11.4. The fourth-order valence-electron chi connectivity index (χ4n) is 4.85. The lowest BCUT2D eigenvalue weighted by molar-refractivity contribution is -0.139. The molecule has 1 aliphatic carbocycles. The molecule has 0 heterocycles.